The first-order valence-corrected chi connectivity index (χ1v) is 10.7. The number of ether oxygens (including phenoxy) is 3. The highest BCUT2D eigenvalue weighted by Crippen LogP contribution is 2.31. The van der Waals surface area contributed by atoms with Gasteiger partial charge >= 0.3 is 11.9 Å². The maximum absolute atomic E-state index is 12.5. The fourth-order valence-corrected chi connectivity index (χ4v) is 3.25. The normalized spacial score (nSPS) is 13.8. The van der Waals surface area contributed by atoms with Crippen molar-refractivity contribution in [1.29, 1.82) is 0 Å². The highest BCUT2D eigenvalue weighted by molar-refractivity contribution is 6.30. The first-order chi connectivity index (χ1) is 16.8. The van der Waals surface area contributed by atoms with Crippen LogP contribution in [0.25, 0.3) is 6.08 Å². The molecule has 0 spiro atoms. The van der Waals surface area contributed by atoms with Crippen LogP contribution in [0.1, 0.15) is 28.4 Å². The Balaban J connectivity index is 1.56. The number of esters is 2. The van der Waals surface area contributed by atoms with Crippen LogP contribution in [-0.4, -0.2) is 29.4 Å². The van der Waals surface area contributed by atoms with E-state index in [0.29, 0.717) is 22.8 Å². The molecule has 176 valence electrons. The monoisotopic (exact) mass is 492 g/mol. The molecule has 0 radical (unpaired) electrons. The lowest BCUT2D eigenvalue weighted by atomic mass is 10.1. The molecule has 0 bridgehead atoms. The number of benzene rings is 3. The Morgan fingerprint density at radius 2 is 1.80 bits per heavy atom. The molecule has 4 rings (SSSR count). The highest BCUT2D eigenvalue weighted by atomic mass is 35.5. The van der Waals surface area contributed by atoms with Gasteiger partial charge in [0.1, 0.15) is 0 Å². The largest absolute Gasteiger partial charge is 0.490 e. The second-order valence-corrected chi connectivity index (χ2v) is 7.61. The van der Waals surface area contributed by atoms with E-state index in [4.69, 9.17) is 25.8 Å². The number of hydrogen-bond acceptors (Lipinski definition) is 8. The van der Waals surface area contributed by atoms with E-state index in [0.717, 1.165) is 0 Å². The summed E-state index contributed by atoms with van der Waals surface area (Å²) in [4.78, 5) is 39.3. The van der Waals surface area contributed by atoms with Crippen molar-refractivity contribution in [3.8, 4) is 11.5 Å². The van der Waals surface area contributed by atoms with Crippen molar-refractivity contribution in [3.05, 3.63) is 104 Å². The van der Waals surface area contributed by atoms with Gasteiger partial charge in [0.15, 0.2) is 17.2 Å². The van der Waals surface area contributed by atoms with E-state index in [1.807, 2.05) is 0 Å². The minimum absolute atomic E-state index is 0.0908. The van der Waals surface area contributed by atoms with Crippen LogP contribution in [0, 0.1) is 10.1 Å². The third-order valence-corrected chi connectivity index (χ3v) is 5.05. The van der Waals surface area contributed by atoms with Crippen LogP contribution in [0.15, 0.2) is 77.4 Å². The molecule has 0 unspecified atom stereocenters. The Morgan fingerprint density at radius 3 is 2.46 bits per heavy atom. The molecule has 0 saturated heterocycles. The van der Waals surface area contributed by atoms with Crippen LogP contribution in [-0.2, 0) is 9.53 Å². The first kappa shape index (κ1) is 23.7. The molecule has 0 aromatic heterocycles. The molecule has 0 amide bonds. The summed E-state index contributed by atoms with van der Waals surface area (Å²) in [5.41, 5.74) is 1.27. The van der Waals surface area contributed by atoms with Gasteiger partial charge in [0, 0.05) is 22.7 Å². The lowest BCUT2D eigenvalue weighted by Gasteiger charge is -2.11. The number of cyclic esters (lactones) is 1. The van der Waals surface area contributed by atoms with Crippen molar-refractivity contribution in [2.45, 2.75) is 6.92 Å². The summed E-state index contributed by atoms with van der Waals surface area (Å²) in [6.07, 6.45) is 1.52. The lowest BCUT2D eigenvalue weighted by Crippen LogP contribution is -2.10. The number of halogens is 1. The predicted octanol–water partition coefficient (Wildman–Crippen LogP) is 5.21. The minimum Gasteiger partial charge on any atom is -0.490 e. The molecular weight excluding hydrogens is 476 g/mol. The maximum atomic E-state index is 12.5. The van der Waals surface area contributed by atoms with Crippen LogP contribution in [0.5, 0.6) is 11.5 Å². The van der Waals surface area contributed by atoms with Crippen molar-refractivity contribution in [2.75, 3.05) is 6.61 Å². The molecule has 0 fully saturated rings. The molecule has 3 aromatic carbocycles. The summed E-state index contributed by atoms with van der Waals surface area (Å²) < 4.78 is 16.3. The van der Waals surface area contributed by atoms with Crippen LogP contribution in [0.4, 0.5) is 5.69 Å². The van der Waals surface area contributed by atoms with E-state index >= 15 is 0 Å². The summed E-state index contributed by atoms with van der Waals surface area (Å²) in [5, 5.41) is 11.3. The van der Waals surface area contributed by atoms with Gasteiger partial charge in [-0.1, -0.05) is 17.7 Å². The summed E-state index contributed by atoms with van der Waals surface area (Å²) >= 11 is 5.89. The molecule has 0 N–H and O–H groups in total. The van der Waals surface area contributed by atoms with Gasteiger partial charge < -0.3 is 14.2 Å². The van der Waals surface area contributed by atoms with Gasteiger partial charge in [-0.2, -0.15) is 0 Å². The number of hydrogen-bond donors (Lipinski definition) is 0. The van der Waals surface area contributed by atoms with E-state index < -0.39 is 16.9 Å². The van der Waals surface area contributed by atoms with E-state index in [2.05, 4.69) is 4.99 Å². The Kier molecular flexibility index (Phi) is 6.88. The molecule has 9 nitrogen and oxygen atoms in total. The van der Waals surface area contributed by atoms with E-state index in [1.165, 1.54) is 36.4 Å². The predicted molar refractivity (Wildman–Crippen MR) is 128 cm³/mol. The second kappa shape index (κ2) is 10.2. The Hall–Kier alpha value is -4.50. The number of aliphatic imine (C=N–C) groups is 1. The van der Waals surface area contributed by atoms with Crippen LogP contribution < -0.4 is 9.47 Å². The maximum Gasteiger partial charge on any atom is 0.363 e. The van der Waals surface area contributed by atoms with Gasteiger partial charge in [0.2, 0.25) is 5.90 Å². The molecule has 1 aliphatic heterocycles. The van der Waals surface area contributed by atoms with Gasteiger partial charge in [-0.3, -0.25) is 10.1 Å². The lowest BCUT2D eigenvalue weighted by molar-refractivity contribution is -0.384. The number of non-ortho nitro benzene ring substituents is 1. The zero-order valence-electron chi connectivity index (χ0n) is 18.3. The molecule has 10 heteroatoms. The van der Waals surface area contributed by atoms with Crippen molar-refractivity contribution < 1.29 is 28.7 Å². The van der Waals surface area contributed by atoms with Crippen molar-refractivity contribution in [1.82, 2.24) is 0 Å². The van der Waals surface area contributed by atoms with Gasteiger partial charge in [-0.05, 0) is 67.1 Å². The highest BCUT2D eigenvalue weighted by Gasteiger charge is 2.24. The van der Waals surface area contributed by atoms with Crippen molar-refractivity contribution in [2.24, 2.45) is 4.99 Å². The average Bonchev–Trinajstić information content (AvgIpc) is 3.21. The number of nitro groups is 1. The SMILES string of the molecule is CCOc1cc(/C=C2/N=C(c3ccc(Cl)cc3)OC2=O)ccc1OC(=O)c1ccc([N+](=O)[O-])cc1. The topological polar surface area (TPSA) is 117 Å². The molecule has 1 aliphatic rings. The van der Waals surface area contributed by atoms with Gasteiger partial charge in [0.25, 0.3) is 5.69 Å². The van der Waals surface area contributed by atoms with E-state index in [1.54, 1.807) is 43.3 Å². The fraction of sp³-hybridized carbons (Fsp3) is 0.0800. The standard InChI is InChI=1S/C25H17ClN2O7/c1-2-33-22-14-15(13-20-25(30)35-23(27-20)16-4-8-18(26)9-5-16)3-12-21(22)34-24(29)17-6-10-19(11-7-17)28(31)32/h3-14H,2H2,1H3/b20-13+. The Morgan fingerprint density at radius 1 is 1.09 bits per heavy atom. The zero-order chi connectivity index (χ0) is 24.9. The van der Waals surface area contributed by atoms with Crippen LogP contribution in [0.3, 0.4) is 0 Å². The zero-order valence-corrected chi connectivity index (χ0v) is 19.0. The molecule has 0 atom stereocenters. The quantitative estimate of drug-likeness (QED) is 0.146. The van der Waals surface area contributed by atoms with Crippen LogP contribution >= 0.6 is 11.6 Å². The second-order valence-electron chi connectivity index (χ2n) is 7.18. The van der Waals surface area contributed by atoms with Gasteiger partial charge in [-0.15, -0.1) is 0 Å². The van der Waals surface area contributed by atoms with E-state index in [9.17, 15) is 19.7 Å². The molecule has 0 saturated carbocycles. The third-order valence-electron chi connectivity index (χ3n) is 4.80. The fourth-order valence-electron chi connectivity index (χ4n) is 3.13. The summed E-state index contributed by atoms with van der Waals surface area (Å²) in [6.45, 7) is 2.06. The van der Waals surface area contributed by atoms with E-state index in [-0.39, 0.29) is 34.3 Å². The number of nitro benzene ring substituents is 1. The van der Waals surface area contributed by atoms with Crippen molar-refractivity contribution >= 4 is 41.2 Å². The molecular formula is C25H17ClN2O7. The molecule has 1 heterocycles. The van der Waals surface area contributed by atoms with Gasteiger partial charge in [-0.25, -0.2) is 14.6 Å². The number of nitrogens with zero attached hydrogens (tertiary/aromatic N) is 2. The summed E-state index contributed by atoms with van der Waals surface area (Å²) in [5.74, 6) is -0.733. The minimum atomic E-state index is -0.705. The third kappa shape index (κ3) is 5.53. The molecule has 0 aliphatic carbocycles. The Labute approximate surface area is 204 Å². The van der Waals surface area contributed by atoms with Crippen LogP contribution in [0.2, 0.25) is 5.02 Å². The smallest absolute Gasteiger partial charge is 0.363 e. The Bertz CT molecular complexity index is 1360. The van der Waals surface area contributed by atoms with Crippen molar-refractivity contribution in [3.63, 3.8) is 0 Å². The number of rotatable bonds is 7. The average molecular weight is 493 g/mol. The number of carbonyl (C=O) groups is 2. The number of carbonyl (C=O) groups excluding carboxylic acids is 2. The summed E-state index contributed by atoms with van der Waals surface area (Å²) in [6, 6.07) is 16.5. The van der Waals surface area contributed by atoms with Gasteiger partial charge in [0.05, 0.1) is 17.1 Å². The first-order valence-electron chi connectivity index (χ1n) is 10.4. The molecule has 3 aromatic rings. The summed E-state index contributed by atoms with van der Waals surface area (Å²) in [7, 11) is 0. The molecule has 35 heavy (non-hydrogen) atoms.